The lowest BCUT2D eigenvalue weighted by Gasteiger charge is -2.39. The van der Waals surface area contributed by atoms with E-state index in [1.165, 1.54) is 19.3 Å². The largest absolute Gasteiger partial charge is 0.386 e. The summed E-state index contributed by atoms with van der Waals surface area (Å²) >= 11 is 0. The quantitative estimate of drug-likeness (QED) is 0.812. The predicted octanol–water partition coefficient (Wildman–Crippen LogP) is 2.35. The molecule has 0 bridgehead atoms. The van der Waals surface area contributed by atoms with Gasteiger partial charge in [-0.15, -0.1) is 0 Å². The van der Waals surface area contributed by atoms with E-state index in [0.717, 1.165) is 31.2 Å². The molecular formula is C21H29N5O3. The van der Waals surface area contributed by atoms with Crippen LogP contribution in [0.5, 0.6) is 0 Å². The van der Waals surface area contributed by atoms with Crippen molar-refractivity contribution in [3.05, 3.63) is 30.1 Å². The Hall–Kier alpha value is -2.64. The minimum atomic E-state index is -0.578. The summed E-state index contributed by atoms with van der Waals surface area (Å²) in [5.41, 5.74) is 0.797. The van der Waals surface area contributed by atoms with Gasteiger partial charge in [0, 0.05) is 37.9 Å². The van der Waals surface area contributed by atoms with Crippen molar-refractivity contribution in [2.45, 2.75) is 69.6 Å². The summed E-state index contributed by atoms with van der Waals surface area (Å²) in [5.74, 6) is -0.220. The standard InChI is InChI=1S/C21H29N5O3/c27-19(23-14-16-7-10-22-11-8-16)18-13-21(29-25-18)9-4-12-26(15-21)20(28)24-17-5-2-1-3-6-17/h7-8,10-11,17H,1-6,9,12-15H2,(H,23,27)(H,24,28)/t21-/m0/s1. The molecule has 1 saturated heterocycles. The van der Waals surface area contributed by atoms with E-state index in [0.29, 0.717) is 31.8 Å². The number of nitrogens with one attached hydrogen (secondary N) is 2. The molecule has 1 atom stereocenters. The summed E-state index contributed by atoms with van der Waals surface area (Å²) < 4.78 is 0. The average Bonchev–Trinajstić information content (AvgIpc) is 3.16. The molecule has 0 radical (unpaired) electrons. The molecule has 2 aliphatic heterocycles. The first-order valence-electron chi connectivity index (χ1n) is 10.6. The van der Waals surface area contributed by atoms with E-state index in [9.17, 15) is 9.59 Å². The molecule has 4 rings (SSSR count). The lowest BCUT2D eigenvalue weighted by Crippen LogP contribution is -2.55. The van der Waals surface area contributed by atoms with Gasteiger partial charge in [0.25, 0.3) is 5.91 Å². The van der Waals surface area contributed by atoms with Crippen LogP contribution >= 0.6 is 0 Å². The number of pyridine rings is 1. The summed E-state index contributed by atoms with van der Waals surface area (Å²) in [6.45, 7) is 1.60. The van der Waals surface area contributed by atoms with Gasteiger partial charge in [0.05, 0.1) is 6.54 Å². The van der Waals surface area contributed by atoms with Gasteiger partial charge >= 0.3 is 6.03 Å². The number of oxime groups is 1. The second kappa shape index (κ2) is 8.80. The topological polar surface area (TPSA) is 95.9 Å². The fraction of sp³-hybridized carbons (Fsp3) is 0.619. The number of rotatable bonds is 4. The summed E-state index contributed by atoms with van der Waals surface area (Å²) in [4.78, 5) is 36.7. The molecule has 8 nitrogen and oxygen atoms in total. The maximum Gasteiger partial charge on any atom is 0.317 e. The summed E-state index contributed by atoms with van der Waals surface area (Å²) in [6.07, 6.45) is 11.2. The third-order valence-corrected chi connectivity index (χ3v) is 6.06. The van der Waals surface area contributed by atoms with Crippen molar-refractivity contribution in [2.24, 2.45) is 5.16 Å². The second-order valence-electron chi connectivity index (χ2n) is 8.34. The lowest BCUT2D eigenvalue weighted by molar-refractivity contribution is -0.115. The van der Waals surface area contributed by atoms with Gasteiger partial charge in [0.15, 0.2) is 5.60 Å². The van der Waals surface area contributed by atoms with Gasteiger partial charge in [-0.1, -0.05) is 24.4 Å². The zero-order valence-electron chi connectivity index (χ0n) is 16.7. The number of hydrogen-bond acceptors (Lipinski definition) is 5. The SMILES string of the molecule is O=C(NCc1ccncc1)C1=NO[C@@]2(CCCN(C(=O)NC3CCCCC3)C2)C1. The van der Waals surface area contributed by atoms with Gasteiger partial charge in [0.1, 0.15) is 5.71 Å². The molecule has 3 aliphatic rings. The highest BCUT2D eigenvalue weighted by molar-refractivity contribution is 6.39. The zero-order chi connectivity index (χ0) is 20.1. The Bertz CT molecular complexity index is 763. The molecule has 3 heterocycles. The monoisotopic (exact) mass is 399 g/mol. The van der Waals surface area contributed by atoms with Crippen molar-refractivity contribution in [3.8, 4) is 0 Å². The number of aromatic nitrogens is 1. The molecular weight excluding hydrogens is 370 g/mol. The van der Waals surface area contributed by atoms with Crippen molar-refractivity contribution in [3.63, 3.8) is 0 Å². The molecule has 1 aliphatic carbocycles. The van der Waals surface area contributed by atoms with Crippen molar-refractivity contribution < 1.29 is 14.4 Å². The van der Waals surface area contributed by atoms with Crippen LogP contribution in [0.25, 0.3) is 0 Å². The number of hydrogen-bond donors (Lipinski definition) is 2. The molecule has 2 N–H and O–H groups in total. The molecule has 29 heavy (non-hydrogen) atoms. The predicted molar refractivity (Wildman–Crippen MR) is 108 cm³/mol. The molecule has 1 saturated carbocycles. The Morgan fingerprint density at radius 2 is 1.97 bits per heavy atom. The van der Waals surface area contributed by atoms with Crippen molar-refractivity contribution in [1.29, 1.82) is 0 Å². The Labute approximate surface area is 171 Å². The fourth-order valence-electron chi connectivity index (χ4n) is 4.43. The molecule has 1 spiro atoms. The van der Waals surface area contributed by atoms with Crippen LogP contribution < -0.4 is 10.6 Å². The van der Waals surface area contributed by atoms with Crippen LogP contribution in [-0.4, -0.2) is 52.3 Å². The highest BCUT2D eigenvalue weighted by Crippen LogP contribution is 2.33. The van der Waals surface area contributed by atoms with E-state index in [1.807, 2.05) is 17.0 Å². The molecule has 8 heteroatoms. The summed E-state index contributed by atoms with van der Waals surface area (Å²) in [7, 11) is 0. The third-order valence-electron chi connectivity index (χ3n) is 6.06. The smallest absolute Gasteiger partial charge is 0.317 e. The highest BCUT2D eigenvalue weighted by Gasteiger charge is 2.45. The maximum atomic E-state index is 12.7. The number of amides is 3. The molecule has 2 fully saturated rings. The Morgan fingerprint density at radius 1 is 1.17 bits per heavy atom. The third kappa shape index (κ3) is 4.86. The van der Waals surface area contributed by atoms with Gasteiger partial charge in [0.2, 0.25) is 0 Å². The van der Waals surface area contributed by atoms with Crippen LogP contribution in [0.2, 0.25) is 0 Å². The molecule has 1 aromatic rings. The van der Waals surface area contributed by atoms with E-state index < -0.39 is 5.60 Å². The van der Waals surface area contributed by atoms with Gasteiger partial charge in [-0.25, -0.2) is 4.79 Å². The fourth-order valence-corrected chi connectivity index (χ4v) is 4.43. The zero-order valence-corrected chi connectivity index (χ0v) is 16.7. The van der Waals surface area contributed by atoms with Crippen LogP contribution in [-0.2, 0) is 16.2 Å². The van der Waals surface area contributed by atoms with Gasteiger partial charge in [-0.3, -0.25) is 9.78 Å². The number of likely N-dealkylation sites (tertiary alicyclic amines) is 1. The van der Waals surface area contributed by atoms with Crippen LogP contribution in [0.15, 0.2) is 29.7 Å². The Morgan fingerprint density at radius 3 is 2.76 bits per heavy atom. The van der Waals surface area contributed by atoms with Crippen molar-refractivity contribution in [2.75, 3.05) is 13.1 Å². The number of carbonyl (C=O) groups is 2. The van der Waals surface area contributed by atoms with E-state index in [1.54, 1.807) is 12.4 Å². The lowest BCUT2D eigenvalue weighted by atomic mass is 9.88. The van der Waals surface area contributed by atoms with E-state index in [-0.39, 0.29) is 18.0 Å². The molecule has 1 aromatic heterocycles. The minimum absolute atomic E-state index is 0.0184. The first-order valence-corrected chi connectivity index (χ1v) is 10.6. The first-order chi connectivity index (χ1) is 14.1. The van der Waals surface area contributed by atoms with E-state index in [2.05, 4.69) is 20.8 Å². The van der Waals surface area contributed by atoms with E-state index in [4.69, 9.17) is 4.84 Å². The Kier molecular flexibility index (Phi) is 5.97. The average molecular weight is 399 g/mol. The number of nitrogens with zero attached hydrogens (tertiary/aromatic N) is 3. The van der Waals surface area contributed by atoms with E-state index >= 15 is 0 Å². The normalized spacial score (nSPS) is 24.7. The van der Waals surface area contributed by atoms with Crippen LogP contribution in [0.1, 0.15) is 56.9 Å². The van der Waals surface area contributed by atoms with Gasteiger partial charge < -0.3 is 20.4 Å². The summed E-state index contributed by atoms with van der Waals surface area (Å²) in [6, 6.07) is 3.98. The molecule has 156 valence electrons. The number of urea groups is 1. The van der Waals surface area contributed by atoms with Crippen LogP contribution in [0.3, 0.4) is 0 Å². The van der Waals surface area contributed by atoms with Gasteiger partial charge in [-0.2, -0.15) is 0 Å². The van der Waals surface area contributed by atoms with Crippen LogP contribution in [0.4, 0.5) is 4.79 Å². The minimum Gasteiger partial charge on any atom is -0.386 e. The Balaban J connectivity index is 1.29. The summed E-state index contributed by atoms with van der Waals surface area (Å²) in [5, 5.41) is 10.1. The molecule has 0 unspecified atom stereocenters. The van der Waals surface area contributed by atoms with Crippen LogP contribution in [0, 0.1) is 0 Å². The second-order valence-corrected chi connectivity index (χ2v) is 8.34. The van der Waals surface area contributed by atoms with Crippen molar-refractivity contribution >= 4 is 17.6 Å². The first kappa shape index (κ1) is 19.7. The maximum absolute atomic E-state index is 12.7. The van der Waals surface area contributed by atoms with Gasteiger partial charge in [-0.05, 0) is 43.4 Å². The molecule has 3 amide bonds. The molecule has 0 aromatic carbocycles. The highest BCUT2D eigenvalue weighted by atomic mass is 16.7. The van der Waals surface area contributed by atoms with Crippen molar-refractivity contribution in [1.82, 2.24) is 20.5 Å². The number of carbonyl (C=O) groups excluding carboxylic acids is 2. The number of piperidine rings is 1.